The first-order valence-electron chi connectivity index (χ1n) is 15.8. The predicted octanol–water partition coefficient (Wildman–Crippen LogP) is 12.6. The van der Waals surface area contributed by atoms with Crippen LogP contribution >= 0.6 is 11.8 Å². The Bertz CT molecular complexity index is 2670. The van der Waals surface area contributed by atoms with Gasteiger partial charge in [0.2, 0.25) is 0 Å². The van der Waals surface area contributed by atoms with Gasteiger partial charge < -0.3 is 4.57 Å². The first-order valence-corrected chi connectivity index (χ1v) is 16.6. The van der Waals surface area contributed by atoms with E-state index in [1.165, 1.54) is 92.2 Å². The molecule has 2 heteroatoms. The van der Waals surface area contributed by atoms with Gasteiger partial charge in [0.25, 0.3) is 0 Å². The quantitative estimate of drug-likeness (QED) is 0.195. The lowest BCUT2D eigenvalue weighted by Gasteiger charge is -2.22. The molecule has 9 aromatic rings. The van der Waals surface area contributed by atoms with Crippen molar-refractivity contribution in [2.45, 2.75) is 9.79 Å². The van der Waals surface area contributed by atoms with E-state index in [1.807, 2.05) is 11.8 Å². The summed E-state index contributed by atoms with van der Waals surface area (Å²) in [6.07, 6.45) is 0. The molecule has 0 fully saturated rings. The number of fused-ring (bicyclic) bond motifs is 6. The number of para-hydroxylation sites is 2. The van der Waals surface area contributed by atoms with Crippen molar-refractivity contribution in [3.63, 3.8) is 0 Å². The molecule has 10 rings (SSSR count). The molecule has 0 unspecified atom stereocenters. The molecule has 0 amide bonds. The molecule has 214 valence electrons. The Kier molecular flexibility index (Phi) is 5.58. The van der Waals surface area contributed by atoms with Crippen LogP contribution < -0.4 is 0 Å². The van der Waals surface area contributed by atoms with Crippen molar-refractivity contribution in [1.29, 1.82) is 0 Å². The van der Waals surface area contributed by atoms with E-state index >= 15 is 0 Å². The summed E-state index contributed by atoms with van der Waals surface area (Å²) in [5.74, 6) is 0. The van der Waals surface area contributed by atoms with Gasteiger partial charge in [0, 0.05) is 31.5 Å². The number of rotatable bonds is 3. The molecule has 0 spiro atoms. The van der Waals surface area contributed by atoms with Gasteiger partial charge in [-0.25, -0.2) is 0 Å². The first kappa shape index (κ1) is 25.7. The maximum atomic E-state index is 2.46. The maximum absolute atomic E-state index is 2.46. The van der Waals surface area contributed by atoms with Gasteiger partial charge in [-0.2, -0.15) is 0 Å². The van der Waals surface area contributed by atoms with E-state index in [0.29, 0.717) is 0 Å². The highest BCUT2D eigenvalue weighted by molar-refractivity contribution is 7.99. The zero-order valence-electron chi connectivity index (χ0n) is 24.9. The van der Waals surface area contributed by atoms with Crippen LogP contribution in [0.2, 0.25) is 0 Å². The topological polar surface area (TPSA) is 4.93 Å². The van der Waals surface area contributed by atoms with Gasteiger partial charge in [-0.3, -0.25) is 0 Å². The highest BCUT2D eigenvalue weighted by Crippen LogP contribution is 2.49. The first-order chi connectivity index (χ1) is 22.8. The summed E-state index contributed by atoms with van der Waals surface area (Å²) in [6, 6.07) is 60.3. The second kappa shape index (κ2) is 9.97. The molecule has 1 aliphatic rings. The van der Waals surface area contributed by atoms with E-state index < -0.39 is 0 Å². The van der Waals surface area contributed by atoms with Crippen LogP contribution in [0.4, 0.5) is 0 Å². The van der Waals surface area contributed by atoms with Crippen molar-refractivity contribution >= 4 is 55.1 Å². The van der Waals surface area contributed by atoms with Crippen LogP contribution in [-0.2, 0) is 0 Å². The molecular weight excluding hydrogens is 575 g/mol. The van der Waals surface area contributed by atoms with E-state index in [-0.39, 0.29) is 0 Å². The Morgan fingerprint density at radius 3 is 1.93 bits per heavy atom. The van der Waals surface area contributed by atoms with Crippen LogP contribution in [0, 0.1) is 0 Å². The largest absolute Gasteiger partial charge is 0.309 e. The number of benzene rings is 8. The second-order valence-corrected chi connectivity index (χ2v) is 13.2. The third-order valence-electron chi connectivity index (χ3n) is 9.57. The van der Waals surface area contributed by atoms with Gasteiger partial charge in [-0.15, -0.1) is 0 Å². The summed E-state index contributed by atoms with van der Waals surface area (Å²) in [6.45, 7) is 0. The summed E-state index contributed by atoms with van der Waals surface area (Å²) in [4.78, 5) is 2.65. The van der Waals surface area contributed by atoms with Gasteiger partial charge >= 0.3 is 0 Å². The standard InChI is InChI=1S/C44H27NS/c1-2-12-30-27-41-37(25-29(30)11-1)35-18-6-8-21-40(35)45(41)39-20-7-5-17-34(39)33-16-4-3-15-32(33)31-23-24-42-38(26-31)36-19-9-13-28-14-10-22-43(46-42)44(28)36/h1-27H. The molecule has 1 aromatic heterocycles. The molecular formula is C44H27NS. The van der Waals surface area contributed by atoms with Gasteiger partial charge in [-0.05, 0) is 86.4 Å². The normalized spacial score (nSPS) is 12.3. The zero-order valence-corrected chi connectivity index (χ0v) is 25.8. The molecule has 8 aromatic carbocycles. The van der Waals surface area contributed by atoms with E-state index in [9.17, 15) is 0 Å². The fourth-order valence-electron chi connectivity index (χ4n) is 7.51. The minimum Gasteiger partial charge on any atom is -0.309 e. The maximum Gasteiger partial charge on any atom is 0.0547 e. The van der Waals surface area contributed by atoms with E-state index in [4.69, 9.17) is 0 Å². The molecule has 46 heavy (non-hydrogen) atoms. The molecule has 0 aliphatic carbocycles. The summed E-state index contributed by atoms with van der Waals surface area (Å²) in [5.41, 5.74) is 11.2. The number of aromatic nitrogens is 1. The summed E-state index contributed by atoms with van der Waals surface area (Å²) < 4.78 is 2.46. The molecule has 0 N–H and O–H groups in total. The monoisotopic (exact) mass is 601 g/mol. The third-order valence-corrected chi connectivity index (χ3v) is 10.7. The van der Waals surface area contributed by atoms with Gasteiger partial charge in [0.05, 0.1) is 16.7 Å². The lowest BCUT2D eigenvalue weighted by Crippen LogP contribution is -1.98. The van der Waals surface area contributed by atoms with Gasteiger partial charge in [0.15, 0.2) is 0 Å². The molecule has 0 atom stereocenters. The SMILES string of the molecule is c1ccc(-c2ccccc2-n2c3ccccc3c3cc4ccccc4cc32)c(-c2ccc3c(c2)-c2cccc4cccc(c24)S3)c1. The van der Waals surface area contributed by atoms with Gasteiger partial charge in [0.1, 0.15) is 0 Å². The smallest absolute Gasteiger partial charge is 0.0547 e. The van der Waals surface area contributed by atoms with Crippen LogP contribution in [0.3, 0.4) is 0 Å². The molecule has 0 saturated heterocycles. The molecule has 0 radical (unpaired) electrons. The van der Waals surface area contributed by atoms with Crippen molar-refractivity contribution < 1.29 is 0 Å². The van der Waals surface area contributed by atoms with Crippen molar-refractivity contribution in [3.8, 4) is 39.1 Å². The van der Waals surface area contributed by atoms with Crippen LogP contribution in [0.1, 0.15) is 0 Å². The van der Waals surface area contributed by atoms with Crippen LogP contribution in [0.15, 0.2) is 174 Å². The average Bonchev–Trinajstić information content (AvgIpc) is 3.43. The minimum absolute atomic E-state index is 1.18. The highest BCUT2D eigenvalue weighted by atomic mass is 32.2. The third kappa shape index (κ3) is 3.77. The Labute approximate surface area is 271 Å². The van der Waals surface area contributed by atoms with E-state index in [0.717, 1.165) is 0 Å². The Morgan fingerprint density at radius 2 is 1.04 bits per heavy atom. The van der Waals surface area contributed by atoms with Crippen molar-refractivity contribution in [2.75, 3.05) is 0 Å². The zero-order chi connectivity index (χ0) is 30.2. The molecule has 0 bridgehead atoms. The van der Waals surface area contributed by atoms with Crippen LogP contribution in [0.5, 0.6) is 0 Å². The summed E-state index contributed by atoms with van der Waals surface area (Å²) in [7, 11) is 0. The Balaban J connectivity index is 1.20. The molecule has 0 saturated carbocycles. The van der Waals surface area contributed by atoms with E-state index in [2.05, 4.69) is 168 Å². The summed E-state index contributed by atoms with van der Waals surface area (Å²) in [5, 5.41) is 7.72. The summed E-state index contributed by atoms with van der Waals surface area (Å²) >= 11 is 1.88. The predicted molar refractivity (Wildman–Crippen MR) is 196 cm³/mol. The highest BCUT2D eigenvalue weighted by Gasteiger charge is 2.21. The number of hydrogen-bond acceptors (Lipinski definition) is 1. The van der Waals surface area contributed by atoms with Crippen LogP contribution in [0.25, 0.3) is 82.4 Å². The lowest BCUT2D eigenvalue weighted by atomic mass is 9.90. The molecule has 1 aliphatic heterocycles. The number of nitrogens with zero attached hydrogens (tertiary/aromatic N) is 1. The average molecular weight is 602 g/mol. The van der Waals surface area contributed by atoms with Crippen molar-refractivity contribution in [3.05, 3.63) is 164 Å². The Morgan fingerprint density at radius 1 is 0.370 bits per heavy atom. The number of hydrogen-bond donors (Lipinski definition) is 0. The second-order valence-electron chi connectivity index (χ2n) is 12.1. The molecule has 2 heterocycles. The minimum atomic E-state index is 1.18. The fourth-order valence-corrected chi connectivity index (χ4v) is 8.64. The Hall–Kier alpha value is -5.57. The van der Waals surface area contributed by atoms with Crippen molar-refractivity contribution in [1.82, 2.24) is 4.57 Å². The van der Waals surface area contributed by atoms with Gasteiger partial charge in [-0.1, -0.05) is 133 Å². The lowest BCUT2D eigenvalue weighted by molar-refractivity contribution is 1.18. The fraction of sp³-hybridized carbons (Fsp3) is 0. The van der Waals surface area contributed by atoms with Crippen LogP contribution in [-0.4, -0.2) is 4.57 Å². The van der Waals surface area contributed by atoms with E-state index in [1.54, 1.807) is 0 Å². The molecule has 1 nitrogen and oxygen atoms in total. The van der Waals surface area contributed by atoms with Crippen molar-refractivity contribution in [2.24, 2.45) is 0 Å².